The highest BCUT2D eigenvalue weighted by Crippen LogP contribution is 2.66. The average Bonchev–Trinajstić information content (AvgIpc) is 3.56. The van der Waals surface area contributed by atoms with E-state index < -0.39 is 46.8 Å². The standard InChI is InChI=1S/C44H33ClN2O6/c1-24(48)25-14-17-29(18-15-25)46-40(50)33-20-19-32-34(37(33)42(46)52)23-35-41(51)47(30-12-7-11-28(45)22-30)43(53)44(35,27-9-3-2-4-10-27)39(32)38-31-13-6-5-8-26(31)16-21-36(38)49/h2-19,21-22,33-35,37,39,49H,20,23H2,1H3/t33-,34+,35-,37-,39+,44+/m0/s1. The molecule has 0 radical (unpaired) electrons. The number of amides is 4. The molecular weight excluding hydrogens is 688 g/mol. The smallest absolute Gasteiger partial charge is 0.246 e. The first-order valence-electron chi connectivity index (χ1n) is 17.7. The molecule has 0 bridgehead atoms. The van der Waals surface area contributed by atoms with Gasteiger partial charge in [0.1, 0.15) is 5.75 Å². The zero-order chi connectivity index (χ0) is 36.8. The van der Waals surface area contributed by atoms with Gasteiger partial charge >= 0.3 is 0 Å². The first kappa shape index (κ1) is 33.0. The Balaban J connectivity index is 1.29. The minimum atomic E-state index is -1.52. The number of phenols is 1. The number of carbonyl (C=O) groups is 5. The Bertz CT molecular complexity index is 2440. The lowest BCUT2D eigenvalue weighted by molar-refractivity contribution is -0.127. The van der Waals surface area contributed by atoms with Crippen molar-refractivity contribution in [2.75, 3.05) is 9.80 Å². The fourth-order valence-corrected chi connectivity index (χ4v) is 9.93. The van der Waals surface area contributed by atoms with Crippen molar-refractivity contribution in [3.8, 4) is 5.75 Å². The van der Waals surface area contributed by atoms with Gasteiger partial charge in [0.15, 0.2) is 5.78 Å². The second-order valence-electron chi connectivity index (χ2n) is 14.4. The third-order valence-corrected chi connectivity index (χ3v) is 12.2. The van der Waals surface area contributed by atoms with Crippen molar-refractivity contribution in [1.29, 1.82) is 0 Å². The van der Waals surface area contributed by atoms with Crippen LogP contribution in [0.15, 0.2) is 127 Å². The highest BCUT2D eigenvalue weighted by atomic mass is 35.5. The van der Waals surface area contributed by atoms with Crippen LogP contribution >= 0.6 is 11.6 Å². The topological polar surface area (TPSA) is 112 Å². The van der Waals surface area contributed by atoms with Gasteiger partial charge in [0.2, 0.25) is 23.6 Å². The molecule has 8 nitrogen and oxygen atoms in total. The molecule has 9 rings (SSSR count). The van der Waals surface area contributed by atoms with Crippen molar-refractivity contribution < 1.29 is 29.1 Å². The molecule has 2 saturated heterocycles. The summed E-state index contributed by atoms with van der Waals surface area (Å²) >= 11 is 6.43. The first-order valence-corrected chi connectivity index (χ1v) is 18.1. The fourth-order valence-electron chi connectivity index (χ4n) is 9.74. The summed E-state index contributed by atoms with van der Waals surface area (Å²) in [7, 11) is 0. The lowest BCUT2D eigenvalue weighted by Gasteiger charge is -2.51. The maximum Gasteiger partial charge on any atom is 0.246 e. The van der Waals surface area contributed by atoms with Crippen molar-refractivity contribution >= 4 is 63.2 Å². The number of hydrogen-bond acceptors (Lipinski definition) is 6. The van der Waals surface area contributed by atoms with Gasteiger partial charge in [-0.1, -0.05) is 90.0 Å². The van der Waals surface area contributed by atoms with E-state index in [0.717, 1.165) is 16.3 Å². The molecule has 0 spiro atoms. The third-order valence-electron chi connectivity index (χ3n) is 11.9. The normalized spacial score (nSPS) is 26.4. The summed E-state index contributed by atoms with van der Waals surface area (Å²) in [6.07, 6.45) is 2.34. The molecule has 53 heavy (non-hydrogen) atoms. The van der Waals surface area contributed by atoms with Crippen LogP contribution in [0.3, 0.4) is 0 Å². The van der Waals surface area contributed by atoms with Gasteiger partial charge in [-0.05, 0) is 90.6 Å². The predicted molar refractivity (Wildman–Crippen MR) is 201 cm³/mol. The predicted octanol–water partition coefficient (Wildman–Crippen LogP) is 7.77. The number of imide groups is 2. The lowest BCUT2D eigenvalue weighted by atomic mass is 9.48. The van der Waals surface area contributed by atoms with Crippen molar-refractivity contribution in [3.05, 3.63) is 149 Å². The number of fused-ring (bicyclic) bond motifs is 5. The summed E-state index contributed by atoms with van der Waals surface area (Å²) in [5.74, 6) is -5.72. The number of nitrogens with zero attached hydrogens (tertiary/aromatic N) is 2. The monoisotopic (exact) mass is 720 g/mol. The van der Waals surface area contributed by atoms with E-state index in [1.807, 2.05) is 66.7 Å². The highest BCUT2D eigenvalue weighted by Gasteiger charge is 2.70. The zero-order valence-electron chi connectivity index (χ0n) is 28.6. The summed E-state index contributed by atoms with van der Waals surface area (Å²) in [6.45, 7) is 1.45. The van der Waals surface area contributed by atoms with E-state index in [-0.39, 0.29) is 36.2 Å². The number of rotatable bonds is 5. The maximum absolute atomic E-state index is 15.5. The molecule has 1 N–H and O–H groups in total. The van der Waals surface area contributed by atoms with E-state index in [9.17, 15) is 19.5 Å². The molecule has 2 aliphatic heterocycles. The molecule has 5 aromatic carbocycles. The van der Waals surface area contributed by atoms with Crippen LogP contribution in [0.5, 0.6) is 5.75 Å². The molecule has 3 fully saturated rings. The highest BCUT2D eigenvalue weighted by molar-refractivity contribution is 6.32. The molecule has 1 saturated carbocycles. The molecule has 0 unspecified atom stereocenters. The second-order valence-corrected chi connectivity index (χ2v) is 14.9. The average molecular weight is 721 g/mol. The summed E-state index contributed by atoms with van der Waals surface area (Å²) in [6, 6.07) is 33.4. The number of carbonyl (C=O) groups excluding carboxylic acids is 5. The first-order chi connectivity index (χ1) is 25.6. The number of hydrogen-bond donors (Lipinski definition) is 1. The van der Waals surface area contributed by atoms with Crippen LogP contribution in [0.4, 0.5) is 11.4 Å². The summed E-state index contributed by atoms with van der Waals surface area (Å²) in [4.78, 5) is 73.8. The minimum absolute atomic E-state index is 0.0334. The maximum atomic E-state index is 15.5. The van der Waals surface area contributed by atoms with E-state index in [4.69, 9.17) is 11.6 Å². The van der Waals surface area contributed by atoms with E-state index in [1.54, 1.807) is 54.6 Å². The number of anilines is 2. The van der Waals surface area contributed by atoms with Gasteiger partial charge in [-0.2, -0.15) is 0 Å². The summed E-state index contributed by atoms with van der Waals surface area (Å²) < 4.78 is 0. The van der Waals surface area contributed by atoms with Gasteiger partial charge in [-0.25, -0.2) is 4.90 Å². The van der Waals surface area contributed by atoms with E-state index in [0.29, 0.717) is 33.1 Å². The molecule has 262 valence electrons. The van der Waals surface area contributed by atoms with Crippen molar-refractivity contribution in [2.45, 2.75) is 31.1 Å². The van der Waals surface area contributed by atoms with Crippen LogP contribution in [0.1, 0.15) is 47.2 Å². The van der Waals surface area contributed by atoms with Crippen LogP contribution < -0.4 is 9.80 Å². The Kier molecular flexibility index (Phi) is 7.54. The summed E-state index contributed by atoms with van der Waals surface area (Å²) in [5.41, 5.74) is 1.51. The Morgan fingerprint density at radius 2 is 1.49 bits per heavy atom. The Morgan fingerprint density at radius 3 is 2.23 bits per heavy atom. The molecule has 5 aromatic rings. The van der Waals surface area contributed by atoms with Crippen LogP contribution in [0.2, 0.25) is 5.02 Å². The molecule has 4 aliphatic rings. The number of benzene rings is 5. The molecule has 2 aliphatic carbocycles. The fraction of sp³-hybridized carbons (Fsp3) is 0.205. The number of Topliss-reactive ketones (excluding diaryl/α,β-unsaturated/α-hetero) is 1. The number of ketones is 1. The molecule has 0 aromatic heterocycles. The van der Waals surface area contributed by atoms with Gasteiger partial charge in [0.05, 0.1) is 34.5 Å². The number of aromatic hydroxyl groups is 1. The SMILES string of the molecule is CC(=O)c1ccc(N2C(=O)[C@H]3[C@H](CC=C4[C@H]3C[C@H]3C(=O)N(c5cccc(Cl)c5)C(=O)[C@@]3(c3ccccc3)[C@H]4c3c(O)ccc4ccccc34)C2=O)cc1. The molecule has 2 heterocycles. The number of allylic oxidation sites excluding steroid dienone is 2. The third kappa shape index (κ3) is 4.64. The summed E-state index contributed by atoms with van der Waals surface area (Å²) in [5, 5.41) is 13.9. The Morgan fingerprint density at radius 1 is 0.755 bits per heavy atom. The van der Waals surface area contributed by atoms with E-state index >= 15 is 9.59 Å². The van der Waals surface area contributed by atoms with Crippen LogP contribution in [0.25, 0.3) is 10.8 Å². The van der Waals surface area contributed by atoms with Gasteiger partial charge in [0.25, 0.3) is 0 Å². The van der Waals surface area contributed by atoms with Crippen molar-refractivity contribution in [1.82, 2.24) is 0 Å². The minimum Gasteiger partial charge on any atom is -0.508 e. The Labute approximate surface area is 310 Å². The number of halogens is 1. The van der Waals surface area contributed by atoms with Gasteiger partial charge in [0, 0.05) is 22.1 Å². The van der Waals surface area contributed by atoms with Crippen LogP contribution in [-0.2, 0) is 24.6 Å². The second kappa shape index (κ2) is 12.1. The van der Waals surface area contributed by atoms with Crippen molar-refractivity contribution in [3.63, 3.8) is 0 Å². The van der Waals surface area contributed by atoms with Gasteiger partial charge in [-0.15, -0.1) is 0 Å². The molecular formula is C44H33ClN2O6. The lowest BCUT2D eigenvalue weighted by Crippen LogP contribution is -2.53. The van der Waals surface area contributed by atoms with Crippen LogP contribution in [-0.4, -0.2) is 34.5 Å². The van der Waals surface area contributed by atoms with Crippen LogP contribution in [0, 0.1) is 23.7 Å². The number of phenolic OH excluding ortho intramolecular Hbond substituents is 1. The zero-order valence-corrected chi connectivity index (χ0v) is 29.4. The van der Waals surface area contributed by atoms with Gasteiger partial charge in [-0.3, -0.25) is 28.9 Å². The van der Waals surface area contributed by atoms with E-state index in [2.05, 4.69) is 0 Å². The molecule has 6 atom stereocenters. The molecule has 4 amide bonds. The van der Waals surface area contributed by atoms with Gasteiger partial charge < -0.3 is 5.11 Å². The quantitative estimate of drug-likeness (QED) is 0.113. The van der Waals surface area contributed by atoms with Crippen molar-refractivity contribution in [2.24, 2.45) is 23.7 Å². The Hall–Kier alpha value is -5.86. The largest absolute Gasteiger partial charge is 0.508 e. The van der Waals surface area contributed by atoms with E-state index in [1.165, 1.54) is 16.7 Å². The molecule has 9 heteroatoms.